The van der Waals surface area contributed by atoms with Crippen LogP contribution in [0.5, 0.6) is 0 Å². The van der Waals surface area contributed by atoms with Crippen LogP contribution in [0.4, 0.5) is 0 Å². The number of sulfonamides is 1. The first-order valence-corrected chi connectivity index (χ1v) is 11.4. The van der Waals surface area contributed by atoms with Crippen LogP contribution in [-0.2, 0) is 10.0 Å². The first-order valence-electron chi connectivity index (χ1n) is 8.41. The molecular weight excluding hydrogens is 429 g/mol. The molecular formula is C17H19Cl2N3O3S2. The monoisotopic (exact) mass is 447 g/mol. The number of benzene rings is 1. The summed E-state index contributed by atoms with van der Waals surface area (Å²) in [5.41, 5.74) is 0.369. The number of nitrogens with zero attached hydrogens (tertiary/aromatic N) is 3. The number of carbonyl (C=O) groups excluding carboxylic acids is 1. The van der Waals surface area contributed by atoms with E-state index in [1.54, 1.807) is 17.0 Å². The zero-order valence-electron chi connectivity index (χ0n) is 14.9. The number of hydrogen-bond acceptors (Lipinski definition) is 5. The number of carbonyl (C=O) groups is 1. The van der Waals surface area contributed by atoms with Gasteiger partial charge in [-0.2, -0.15) is 4.31 Å². The SMILES string of the molecule is CC(C)c1sc(Cl)nc1C(=O)N1CCN(S(=O)(=O)c2ccc(Cl)cc2)CC1. The second-order valence-electron chi connectivity index (χ2n) is 6.48. The van der Waals surface area contributed by atoms with Crippen LogP contribution in [-0.4, -0.2) is 54.7 Å². The highest BCUT2D eigenvalue weighted by Gasteiger charge is 2.32. The fourth-order valence-electron chi connectivity index (χ4n) is 2.89. The van der Waals surface area contributed by atoms with Gasteiger partial charge in [0.1, 0.15) is 5.69 Å². The molecule has 1 saturated heterocycles. The van der Waals surface area contributed by atoms with E-state index in [2.05, 4.69) is 4.98 Å². The van der Waals surface area contributed by atoms with Gasteiger partial charge >= 0.3 is 0 Å². The van der Waals surface area contributed by atoms with E-state index in [-0.39, 0.29) is 29.8 Å². The summed E-state index contributed by atoms with van der Waals surface area (Å²) < 4.78 is 27.2. The van der Waals surface area contributed by atoms with Crippen LogP contribution in [0.1, 0.15) is 35.1 Å². The molecule has 2 heterocycles. The Labute approximate surface area is 172 Å². The van der Waals surface area contributed by atoms with E-state index in [9.17, 15) is 13.2 Å². The van der Waals surface area contributed by atoms with E-state index in [1.165, 1.54) is 27.8 Å². The number of rotatable bonds is 4. The van der Waals surface area contributed by atoms with Gasteiger partial charge in [-0.1, -0.05) is 37.0 Å². The van der Waals surface area contributed by atoms with Gasteiger partial charge in [-0.05, 0) is 30.2 Å². The second kappa shape index (κ2) is 8.05. The van der Waals surface area contributed by atoms with Crippen molar-refractivity contribution in [2.75, 3.05) is 26.2 Å². The van der Waals surface area contributed by atoms with Gasteiger partial charge in [-0.15, -0.1) is 11.3 Å². The molecule has 0 aliphatic carbocycles. The predicted octanol–water partition coefficient (Wildman–Crippen LogP) is 3.72. The summed E-state index contributed by atoms with van der Waals surface area (Å²) in [5.74, 6) is -0.0640. The normalized spacial score (nSPS) is 16.1. The molecule has 0 saturated carbocycles. The van der Waals surface area contributed by atoms with Gasteiger partial charge in [0.2, 0.25) is 10.0 Å². The van der Waals surface area contributed by atoms with E-state index in [0.29, 0.717) is 28.3 Å². The molecule has 0 unspecified atom stereocenters. The molecule has 2 aromatic rings. The Morgan fingerprint density at radius 2 is 1.70 bits per heavy atom. The van der Waals surface area contributed by atoms with Crippen LogP contribution in [0.3, 0.4) is 0 Å². The summed E-state index contributed by atoms with van der Waals surface area (Å²) >= 11 is 13.1. The van der Waals surface area contributed by atoms with Crippen molar-refractivity contribution in [2.24, 2.45) is 0 Å². The summed E-state index contributed by atoms with van der Waals surface area (Å²) in [4.78, 5) is 19.7. The third kappa shape index (κ3) is 4.30. The first-order chi connectivity index (χ1) is 12.7. The van der Waals surface area contributed by atoms with E-state index in [0.717, 1.165) is 4.88 Å². The quantitative estimate of drug-likeness (QED) is 0.715. The maximum absolute atomic E-state index is 12.8. The summed E-state index contributed by atoms with van der Waals surface area (Å²) in [6.07, 6.45) is 0. The van der Waals surface area contributed by atoms with Crippen molar-refractivity contribution >= 4 is 50.5 Å². The summed E-state index contributed by atoms with van der Waals surface area (Å²) in [5, 5.41) is 0.479. The van der Waals surface area contributed by atoms with E-state index in [4.69, 9.17) is 23.2 Å². The third-order valence-electron chi connectivity index (χ3n) is 4.33. The van der Waals surface area contributed by atoms with Crippen molar-refractivity contribution in [2.45, 2.75) is 24.7 Å². The van der Waals surface area contributed by atoms with Crippen LogP contribution in [0.15, 0.2) is 29.2 Å². The van der Waals surface area contributed by atoms with Gasteiger partial charge in [-0.3, -0.25) is 4.79 Å². The third-order valence-corrected chi connectivity index (χ3v) is 7.96. The highest BCUT2D eigenvalue weighted by Crippen LogP contribution is 2.30. The Bertz CT molecular complexity index is 935. The Balaban J connectivity index is 1.72. The molecule has 0 atom stereocenters. The maximum atomic E-state index is 12.8. The first kappa shape index (κ1) is 20.5. The lowest BCUT2D eigenvalue weighted by molar-refractivity contribution is 0.0691. The van der Waals surface area contributed by atoms with Crippen LogP contribution >= 0.6 is 34.5 Å². The van der Waals surface area contributed by atoms with E-state index >= 15 is 0 Å². The Hall–Kier alpha value is -1.19. The number of piperazine rings is 1. The molecule has 1 aromatic heterocycles. The van der Waals surface area contributed by atoms with Crippen molar-refractivity contribution in [3.63, 3.8) is 0 Å². The molecule has 0 N–H and O–H groups in total. The molecule has 10 heteroatoms. The van der Waals surface area contributed by atoms with E-state index < -0.39 is 10.0 Å². The average molecular weight is 448 g/mol. The highest BCUT2D eigenvalue weighted by molar-refractivity contribution is 7.89. The molecule has 1 fully saturated rings. The molecule has 6 nitrogen and oxygen atoms in total. The minimum atomic E-state index is -3.61. The molecule has 27 heavy (non-hydrogen) atoms. The van der Waals surface area contributed by atoms with Crippen LogP contribution in [0, 0.1) is 0 Å². The van der Waals surface area contributed by atoms with Crippen LogP contribution < -0.4 is 0 Å². The highest BCUT2D eigenvalue weighted by atomic mass is 35.5. The fraction of sp³-hybridized carbons (Fsp3) is 0.412. The molecule has 0 bridgehead atoms. The summed E-state index contributed by atoms with van der Waals surface area (Å²) in [6.45, 7) is 5.03. The minimum Gasteiger partial charge on any atom is -0.335 e. The van der Waals surface area contributed by atoms with Crippen LogP contribution in [0.2, 0.25) is 9.49 Å². The standard InChI is InChI=1S/C17H19Cl2N3O3S2/c1-11(2)15-14(20-17(19)26-15)16(23)21-7-9-22(10-8-21)27(24,25)13-5-3-12(18)4-6-13/h3-6,11H,7-10H2,1-2H3. The molecule has 1 amide bonds. The topological polar surface area (TPSA) is 70.6 Å². The zero-order chi connectivity index (χ0) is 19.8. The lowest BCUT2D eigenvalue weighted by Gasteiger charge is -2.33. The number of thiazole rings is 1. The Morgan fingerprint density at radius 3 is 2.26 bits per heavy atom. The van der Waals surface area contributed by atoms with Crippen LogP contribution in [0.25, 0.3) is 0 Å². The Kier molecular flexibility index (Phi) is 6.12. The van der Waals surface area contributed by atoms with Gasteiger partial charge in [0, 0.05) is 36.1 Å². The van der Waals surface area contributed by atoms with Crippen molar-refractivity contribution in [3.05, 3.63) is 44.3 Å². The Morgan fingerprint density at radius 1 is 1.11 bits per heavy atom. The van der Waals surface area contributed by atoms with Crippen molar-refractivity contribution in [1.29, 1.82) is 0 Å². The molecule has 1 aromatic carbocycles. The number of halogens is 2. The fourth-order valence-corrected chi connectivity index (χ4v) is 5.55. The largest absolute Gasteiger partial charge is 0.335 e. The lowest BCUT2D eigenvalue weighted by Crippen LogP contribution is -2.50. The molecule has 1 aliphatic heterocycles. The summed E-state index contributed by atoms with van der Waals surface area (Å²) in [6, 6.07) is 6.07. The number of amides is 1. The van der Waals surface area contributed by atoms with Gasteiger partial charge in [0.05, 0.1) is 4.90 Å². The van der Waals surface area contributed by atoms with Gasteiger partial charge in [0.15, 0.2) is 4.47 Å². The smallest absolute Gasteiger partial charge is 0.273 e. The molecule has 3 rings (SSSR count). The number of hydrogen-bond donors (Lipinski definition) is 0. The molecule has 146 valence electrons. The number of aromatic nitrogens is 1. The van der Waals surface area contributed by atoms with Crippen molar-refractivity contribution in [1.82, 2.24) is 14.2 Å². The molecule has 0 radical (unpaired) electrons. The summed E-state index contributed by atoms with van der Waals surface area (Å²) in [7, 11) is -3.61. The molecule has 1 aliphatic rings. The minimum absolute atomic E-state index is 0.139. The average Bonchev–Trinajstić information content (AvgIpc) is 3.04. The lowest BCUT2D eigenvalue weighted by atomic mass is 10.1. The maximum Gasteiger partial charge on any atom is 0.273 e. The van der Waals surface area contributed by atoms with Crippen molar-refractivity contribution in [3.8, 4) is 0 Å². The predicted molar refractivity (Wildman–Crippen MR) is 107 cm³/mol. The second-order valence-corrected chi connectivity index (χ2v) is 10.5. The zero-order valence-corrected chi connectivity index (χ0v) is 18.0. The van der Waals surface area contributed by atoms with Gasteiger partial charge in [0.25, 0.3) is 5.91 Å². The van der Waals surface area contributed by atoms with Gasteiger partial charge in [-0.25, -0.2) is 13.4 Å². The van der Waals surface area contributed by atoms with Crippen molar-refractivity contribution < 1.29 is 13.2 Å². The molecule has 0 spiro atoms. The van der Waals surface area contributed by atoms with Gasteiger partial charge < -0.3 is 4.90 Å². The van der Waals surface area contributed by atoms with E-state index in [1.807, 2.05) is 13.8 Å².